The first-order valence-electron chi connectivity index (χ1n) is 5.86. The number of hydrogen-bond acceptors (Lipinski definition) is 3. The minimum absolute atomic E-state index is 0.0715. The summed E-state index contributed by atoms with van der Waals surface area (Å²) in [7, 11) is 0. The van der Waals surface area contributed by atoms with E-state index in [1.165, 1.54) is 6.08 Å². The maximum Gasteiger partial charge on any atom is 0.246 e. The zero-order valence-corrected chi connectivity index (χ0v) is 9.93. The van der Waals surface area contributed by atoms with Crippen LogP contribution in [0.15, 0.2) is 22.6 Å². The van der Waals surface area contributed by atoms with Gasteiger partial charge in [0, 0.05) is 19.2 Å². The molecule has 4 nitrogen and oxygen atoms in total. The van der Waals surface area contributed by atoms with Gasteiger partial charge in [0.1, 0.15) is 11.5 Å². The minimum atomic E-state index is -0.382. The van der Waals surface area contributed by atoms with Gasteiger partial charge < -0.3 is 14.4 Å². The van der Waals surface area contributed by atoms with E-state index in [4.69, 9.17) is 4.42 Å². The molecule has 1 aromatic heterocycles. The zero-order chi connectivity index (χ0) is 12.3. The highest BCUT2D eigenvalue weighted by atomic mass is 16.3. The second-order valence-corrected chi connectivity index (χ2v) is 4.36. The van der Waals surface area contributed by atoms with E-state index in [0.717, 1.165) is 25.1 Å². The Labute approximate surface area is 101 Å². The van der Waals surface area contributed by atoms with Gasteiger partial charge in [-0.15, -0.1) is 0 Å². The lowest BCUT2D eigenvalue weighted by Crippen LogP contribution is -2.41. The average Bonchev–Trinajstić information content (AvgIpc) is 2.72. The van der Waals surface area contributed by atoms with E-state index in [2.05, 4.69) is 0 Å². The Kier molecular flexibility index (Phi) is 3.64. The molecular formula is C13H17NO3. The molecule has 0 radical (unpaired) electrons. The van der Waals surface area contributed by atoms with Crippen molar-refractivity contribution in [1.29, 1.82) is 0 Å². The first kappa shape index (κ1) is 11.9. The van der Waals surface area contributed by atoms with E-state index in [0.29, 0.717) is 12.3 Å². The number of furan rings is 1. The lowest BCUT2D eigenvalue weighted by Gasteiger charge is -2.29. The van der Waals surface area contributed by atoms with Crippen LogP contribution < -0.4 is 0 Å². The Morgan fingerprint density at radius 3 is 3.06 bits per heavy atom. The molecule has 92 valence electrons. The van der Waals surface area contributed by atoms with E-state index in [-0.39, 0.29) is 12.0 Å². The van der Waals surface area contributed by atoms with Crippen molar-refractivity contribution < 1.29 is 14.3 Å². The third-order valence-electron chi connectivity index (χ3n) is 2.86. The molecule has 1 amide bonds. The van der Waals surface area contributed by atoms with Crippen molar-refractivity contribution in [3.8, 4) is 0 Å². The molecule has 0 aliphatic carbocycles. The molecule has 2 heterocycles. The lowest BCUT2D eigenvalue weighted by atomic mass is 10.1. The smallest absolute Gasteiger partial charge is 0.246 e. The largest absolute Gasteiger partial charge is 0.462 e. The number of carbonyl (C=O) groups is 1. The van der Waals surface area contributed by atoms with Crippen molar-refractivity contribution in [2.45, 2.75) is 25.9 Å². The number of aliphatic hydroxyl groups excluding tert-OH is 1. The number of amides is 1. The summed E-state index contributed by atoms with van der Waals surface area (Å²) in [4.78, 5) is 13.5. The van der Waals surface area contributed by atoms with Crippen molar-refractivity contribution in [3.63, 3.8) is 0 Å². The summed E-state index contributed by atoms with van der Waals surface area (Å²) in [5.74, 6) is 1.43. The van der Waals surface area contributed by atoms with E-state index in [9.17, 15) is 9.90 Å². The number of β-amino-alcohol motifs (C(OH)–C–C–N with tert-alkyl or cyclic N) is 1. The van der Waals surface area contributed by atoms with Gasteiger partial charge in [-0.3, -0.25) is 4.79 Å². The highest BCUT2D eigenvalue weighted by Crippen LogP contribution is 2.12. The molecule has 1 fully saturated rings. The van der Waals surface area contributed by atoms with Crippen molar-refractivity contribution in [2.24, 2.45) is 0 Å². The zero-order valence-electron chi connectivity index (χ0n) is 9.93. The van der Waals surface area contributed by atoms with Crippen molar-refractivity contribution in [3.05, 3.63) is 29.7 Å². The van der Waals surface area contributed by atoms with Crippen LogP contribution in [-0.2, 0) is 4.79 Å². The first-order chi connectivity index (χ1) is 8.15. The molecule has 1 aliphatic rings. The molecule has 17 heavy (non-hydrogen) atoms. The number of aryl methyl sites for hydroxylation is 1. The summed E-state index contributed by atoms with van der Waals surface area (Å²) in [6.07, 6.45) is 4.42. The van der Waals surface area contributed by atoms with Gasteiger partial charge in [0.15, 0.2) is 0 Å². The van der Waals surface area contributed by atoms with Crippen LogP contribution in [0.2, 0.25) is 0 Å². The molecule has 1 unspecified atom stereocenters. The van der Waals surface area contributed by atoms with Crippen molar-refractivity contribution >= 4 is 12.0 Å². The summed E-state index contributed by atoms with van der Waals surface area (Å²) in [5.41, 5.74) is 0. The second kappa shape index (κ2) is 5.19. The van der Waals surface area contributed by atoms with E-state index >= 15 is 0 Å². The van der Waals surface area contributed by atoms with Gasteiger partial charge in [0.05, 0.1) is 6.10 Å². The van der Waals surface area contributed by atoms with Crippen LogP contribution in [0.5, 0.6) is 0 Å². The predicted octanol–water partition coefficient (Wildman–Crippen LogP) is 1.58. The Balaban J connectivity index is 1.94. The molecule has 1 saturated heterocycles. The van der Waals surface area contributed by atoms with Gasteiger partial charge in [-0.05, 0) is 38.0 Å². The number of hydrogen-bond donors (Lipinski definition) is 1. The fourth-order valence-electron chi connectivity index (χ4n) is 1.96. The average molecular weight is 235 g/mol. The molecule has 2 rings (SSSR count). The molecule has 0 spiro atoms. The molecule has 1 atom stereocenters. The predicted molar refractivity (Wildman–Crippen MR) is 64.3 cm³/mol. The van der Waals surface area contributed by atoms with Gasteiger partial charge in [-0.1, -0.05) is 0 Å². The standard InChI is InChI=1S/C13H17NO3/c1-10-4-5-12(17-10)6-7-13(16)14-8-2-3-11(15)9-14/h4-7,11,15H,2-3,8-9H2,1H3/b7-6+. The van der Waals surface area contributed by atoms with Gasteiger partial charge in [-0.2, -0.15) is 0 Å². The number of carbonyl (C=O) groups excluding carboxylic acids is 1. The molecule has 0 saturated carbocycles. The molecule has 1 aromatic rings. The normalized spacial score (nSPS) is 21.1. The number of likely N-dealkylation sites (tertiary alicyclic amines) is 1. The van der Waals surface area contributed by atoms with Crippen LogP contribution in [-0.4, -0.2) is 35.1 Å². The fourth-order valence-corrected chi connectivity index (χ4v) is 1.96. The molecular weight excluding hydrogens is 218 g/mol. The second-order valence-electron chi connectivity index (χ2n) is 4.36. The summed E-state index contributed by atoms with van der Waals surface area (Å²) >= 11 is 0. The van der Waals surface area contributed by atoms with Crippen molar-refractivity contribution in [2.75, 3.05) is 13.1 Å². The van der Waals surface area contributed by atoms with Crippen LogP contribution in [0.4, 0.5) is 0 Å². The SMILES string of the molecule is Cc1ccc(/C=C/C(=O)N2CCCC(O)C2)o1. The van der Waals surface area contributed by atoms with E-state index < -0.39 is 0 Å². The molecule has 1 N–H and O–H groups in total. The third kappa shape index (κ3) is 3.20. The number of rotatable bonds is 2. The summed E-state index contributed by atoms with van der Waals surface area (Å²) in [6.45, 7) is 3.01. The fraction of sp³-hybridized carbons (Fsp3) is 0.462. The summed E-state index contributed by atoms with van der Waals surface area (Å²) in [5, 5.41) is 9.48. The maximum absolute atomic E-state index is 11.8. The lowest BCUT2D eigenvalue weighted by molar-refractivity contribution is -0.128. The van der Waals surface area contributed by atoms with E-state index in [1.54, 1.807) is 11.0 Å². The number of piperidine rings is 1. The monoisotopic (exact) mass is 235 g/mol. The van der Waals surface area contributed by atoms with Crippen LogP contribution in [0.1, 0.15) is 24.4 Å². The Morgan fingerprint density at radius 1 is 1.59 bits per heavy atom. The number of aliphatic hydroxyl groups is 1. The topological polar surface area (TPSA) is 53.7 Å². The Bertz CT molecular complexity index is 422. The molecule has 0 bridgehead atoms. The Morgan fingerprint density at radius 2 is 2.41 bits per heavy atom. The highest BCUT2D eigenvalue weighted by molar-refractivity contribution is 5.91. The van der Waals surface area contributed by atoms with Gasteiger partial charge in [-0.25, -0.2) is 0 Å². The first-order valence-corrected chi connectivity index (χ1v) is 5.86. The highest BCUT2D eigenvalue weighted by Gasteiger charge is 2.20. The molecule has 1 aliphatic heterocycles. The van der Waals surface area contributed by atoms with Crippen molar-refractivity contribution in [1.82, 2.24) is 4.90 Å². The third-order valence-corrected chi connectivity index (χ3v) is 2.86. The summed E-state index contributed by atoms with van der Waals surface area (Å²) in [6, 6.07) is 3.68. The van der Waals surface area contributed by atoms with Crippen LogP contribution >= 0.6 is 0 Å². The molecule has 0 aromatic carbocycles. The van der Waals surface area contributed by atoms with Gasteiger partial charge >= 0.3 is 0 Å². The maximum atomic E-state index is 11.8. The minimum Gasteiger partial charge on any atom is -0.462 e. The van der Waals surface area contributed by atoms with Crippen LogP contribution in [0, 0.1) is 6.92 Å². The Hall–Kier alpha value is -1.55. The van der Waals surface area contributed by atoms with Crippen LogP contribution in [0.25, 0.3) is 6.08 Å². The van der Waals surface area contributed by atoms with Crippen LogP contribution in [0.3, 0.4) is 0 Å². The quantitative estimate of drug-likeness (QED) is 0.792. The summed E-state index contributed by atoms with van der Waals surface area (Å²) < 4.78 is 5.34. The van der Waals surface area contributed by atoms with Gasteiger partial charge in [0.25, 0.3) is 0 Å². The number of nitrogens with zero attached hydrogens (tertiary/aromatic N) is 1. The van der Waals surface area contributed by atoms with E-state index in [1.807, 2.05) is 19.1 Å². The van der Waals surface area contributed by atoms with Gasteiger partial charge in [0.2, 0.25) is 5.91 Å². The molecule has 4 heteroatoms.